The summed E-state index contributed by atoms with van der Waals surface area (Å²) >= 11 is 10.2. The monoisotopic (exact) mass is 406 g/mol. The number of hydrogen-bond acceptors (Lipinski definition) is 5. The van der Waals surface area contributed by atoms with Crippen molar-refractivity contribution in [2.75, 3.05) is 25.4 Å². The number of nitrogens with one attached hydrogen (secondary N) is 1. The Morgan fingerprint density at radius 1 is 1.45 bits per heavy atom. The third-order valence-corrected chi connectivity index (χ3v) is 4.40. The van der Waals surface area contributed by atoms with E-state index in [1.807, 2.05) is 0 Å². The number of halogens is 2. The van der Waals surface area contributed by atoms with Gasteiger partial charge in [0.25, 0.3) is 11.1 Å². The number of rotatable bonds is 6. The maximum atomic E-state index is 11.6. The number of hydrogen-bond donors (Lipinski definition) is 1. The Labute approximate surface area is 144 Å². The summed E-state index contributed by atoms with van der Waals surface area (Å²) in [6.07, 6.45) is 0. The van der Waals surface area contributed by atoms with Crippen molar-refractivity contribution in [2.45, 2.75) is 0 Å². The van der Waals surface area contributed by atoms with Gasteiger partial charge in [-0.1, -0.05) is 39.3 Å². The number of amides is 3. The summed E-state index contributed by atoms with van der Waals surface area (Å²) in [5, 5.41) is 2.70. The second-order valence-corrected chi connectivity index (χ2v) is 6.56. The predicted octanol–water partition coefficient (Wildman–Crippen LogP) is 2.29. The second kappa shape index (κ2) is 7.85. The summed E-state index contributed by atoms with van der Waals surface area (Å²) in [6.45, 7) is 0.155. The van der Waals surface area contributed by atoms with Gasteiger partial charge in [0.2, 0.25) is 5.91 Å². The van der Waals surface area contributed by atoms with E-state index in [0.29, 0.717) is 10.8 Å². The average Bonchev–Trinajstić information content (AvgIpc) is 2.78. The van der Waals surface area contributed by atoms with E-state index in [1.165, 1.54) is 0 Å². The summed E-state index contributed by atoms with van der Waals surface area (Å²) in [4.78, 5) is 35.5. The molecule has 0 spiro atoms. The average molecular weight is 408 g/mol. The molecule has 3 amide bonds. The largest absolute Gasteiger partial charge is 0.482 e. The fourth-order valence-corrected chi connectivity index (χ4v) is 3.17. The molecule has 9 heteroatoms. The Balaban J connectivity index is 1.72. The molecule has 22 heavy (non-hydrogen) atoms. The van der Waals surface area contributed by atoms with Crippen molar-refractivity contribution < 1.29 is 19.1 Å². The summed E-state index contributed by atoms with van der Waals surface area (Å²) in [5.41, 5.74) is 0. The third-order valence-electron chi connectivity index (χ3n) is 2.75. The van der Waals surface area contributed by atoms with Gasteiger partial charge in [0.05, 0.1) is 10.8 Å². The van der Waals surface area contributed by atoms with Crippen LogP contribution in [0.1, 0.15) is 0 Å². The molecule has 1 fully saturated rings. The fraction of sp³-hybridized carbons (Fsp3) is 0.308. The zero-order valence-electron chi connectivity index (χ0n) is 11.3. The van der Waals surface area contributed by atoms with Gasteiger partial charge in [-0.2, -0.15) is 0 Å². The van der Waals surface area contributed by atoms with Crippen molar-refractivity contribution in [1.82, 2.24) is 10.2 Å². The highest BCUT2D eigenvalue weighted by atomic mass is 79.9. The molecule has 0 saturated carbocycles. The topological polar surface area (TPSA) is 75.7 Å². The quantitative estimate of drug-likeness (QED) is 0.783. The number of benzene rings is 1. The lowest BCUT2D eigenvalue weighted by Gasteiger charge is -2.13. The van der Waals surface area contributed by atoms with Crippen LogP contribution < -0.4 is 10.1 Å². The maximum absolute atomic E-state index is 11.6. The number of carbonyl (C=O) groups is 3. The second-order valence-electron chi connectivity index (χ2n) is 4.31. The van der Waals surface area contributed by atoms with Crippen molar-refractivity contribution in [2.24, 2.45) is 0 Å². The van der Waals surface area contributed by atoms with Crippen LogP contribution in [-0.4, -0.2) is 47.4 Å². The molecule has 0 atom stereocenters. The Hall–Kier alpha value is -1.25. The molecule has 1 N–H and O–H groups in total. The van der Waals surface area contributed by atoms with Crippen molar-refractivity contribution in [3.63, 3.8) is 0 Å². The van der Waals surface area contributed by atoms with E-state index in [2.05, 4.69) is 21.2 Å². The fourth-order valence-electron chi connectivity index (χ4n) is 1.69. The zero-order chi connectivity index (χ0) is 16.1. The van der Waals surface area contributed by atoms with E-state index in [0.717, 1.165) is 21.1 Å². The van der Waals surface area contributed by atoms with E-state index in [4.69, 9.17) is 16.3 Å². The maximum Gasteiger partial charge on any atom is 0.288 e. The van der Waals surface area contributed by atoms with Gasteiger partial charge >= 0.3 is 0 Å². The van der Waals surface area contributed by atoms with Crippen LogP contribution in [0.25, 0.3) is 0 Å². The SMILES string of the molecule is O=C(COc1ccc(Br)cc1Cl)NCCN1C(=O)CSC1=O. The highest BCUT2D eigenvalue weighted by molar-refractivity contribution is 9.10. The number of nitrogens with zero attached hydrogens (tertiary/aromatic N) is 1. The first-order chi connectivity index (χ1) is 10.5. The van der Waals surface area contributed by atoms with Crippen molar-refractivity contribution in [3.8, 4) is 5.75 Å². The first-order valence-corrected chi connectivity index (χ1v) is 8.44. The molecule has 1 aliphatic rings. The van der Waals surface area contributed by atoms with Crippen molar-refractivity contribution >= 4 is 56.3 Å². The van der Waals surface area contributed by atoms with Gasteiger partial charge in [-0.15, -0.1) is 0 Å². The Bertz CT molecular complexity index is 598. The van der Waals surface area contributed by atoms with E-state index in [9.17, 15) is 14.4 Å². The van der Waals surface area contributed by atoms with Gasteiger partial charge in [0.1, 0.15) is 5.75 Å². The van der Waals surface area contributed by atoms with Crippen LogP contribution in [0.4, 0.5) is 4.79 Å². The van der Waals surface area contributed by atoms with Gasteiger partial charge in [-0.25, -0.2) is 0 Å². The van der Waals surface area contributed by atoms with Crippen LogP contribution >= 0.6 is 39.3 Å². The van der Waals surface area contributed by atoms with Gasteiger partial charge in [0, 0.05) is 17.6 Å². The van der Waals surface area contributed by atoms with Crippen LogP contribution in [0, 0.1) is 0 Å². The molecule has 0 unspecified atom stereocenters. The lowest BCUT2D eigenvalue weighted by Crippen LogP contribution is -2.39. The Kier molecular flexibility index (Phi) is 6.10. The summed E-state index contributed by atoms with van der Waals surface area (Å²) in [6, 6.07) is 5.07. The number of carbonyl (C=O) groups excluding carboxylic acids is 3. The highest BCUT2D eigenvalue weighted by Crippen LogP contribution is 2.27. The van der Waals surface area contributed by atoms with E-state index in [1.54, 1.807) is 18.2 Å². The van der Waals surface area contributed by atoms with Gasteiger partial charge in [0.15, 0.2) is 6.61 Å². The number of imide groups is 1. The molecule has 1 saturated heterocycles. The molecule has 1 aromatic rings. The summed E-state index contributed by atoms with van der Waals surface area (Å²) < 4.78 is 6.11. The molecule has 2 rings (SSSR count). The summed E-state index contributed by atoms with van der Waals surface area (Å²) in [5.74, 6) is -0.0213. The van der Waals surface area contributed by atoms with Crippen LogP contribution in [0.5, 0.6) is 5.75 Å². The first kappa shape index (κ1) is 17.1. The van der Waals surface area contributed by atoms with Crippen molar-refractivity contribution in [3.05, 3.63) is 27.7 Å². The van der Waals surface area contributed by atoms with Crippen molar-refractivity contribution in [1.29, 1.82) is 0 Å². The van der Waals surface area contributed by atoms with Crippen LogP contribution in [0.2, 0.25) is 5.02 Å². The minimum atomic E-state index is -0.356. The molecular formula is C13H12BrClN2O4S. The normalized spacial score (nSPS) is 14.4. The molecule has 0 radical (unpaired) electrons. The highest BCUT2D eigenvalue weighted by Gasteiger charge is 2.29. The lowest BCUT2D eigenvalue weighted by atomic mass is 10.3. The Morgan fingerprint density at radius 2 is 2.23 bits per heavy atom. The van der Waals surface area contributed by atoms with Crippen LogP contribution in [-0.2, 0) is 9.59 Å². The number of ether oxygens (including phenoxy) is 1. The molecule has 0 aromatic heterocycles. The van der Waals surface area contributed by atoms with Crippen LogP contribution in [0.3, 0.4) is 0 Å². The minimum Gasteiger partial charge on any atom is -0.482 e. The summed E-state index contributed by atoms with van der Waals surface area (Å²) in [7, 11) is 0. The van der Waals surface area contributed by atoms with E-state index < -0.39 is 0 Å². The van der Waals surface area contributed by atoms with Gasteiger partial charge < -0.3 is 10.1 Å². The zero-order valence-corrected chi connectivity index (χ0v) is 14.5. The van der Waals surface area contributed by atoms with Gasteiger partial charge in [-0.3, -0.25) is 19.3 Å². The molecular weight excluding hydrogens is 396 g/mol. The molecule has 118 valence electrons. The lowest BCUT2D eigenvalue weighted by molar-refractivity contribution is -0.126. The minimum absolute atomic E-state index is 0.162. The smallest absolute Gasteiger partial charge is 0.288 e. The first-order valence-electron chi connectivity index (χ1n) is 6.29. The molecule has 0 aliphatic carbocycles. The number of thioether (sulfide) groups is 1. The Morgan fingerprint density at radius 3 is 2.86 bits per heavy atom. The predicted molar refractivity (Wildman–Crippen MR) is 87.2 cm³/mol. The van der Waals surface area contributed by atoms with E-state index in [-0.39, 0.29) is 42.5 Å². The van der Waals surface area contributed by atoms with Gasteiger partial charge in [-0.05, 0) is 18.2 Å². The van der Waals surface area contributed by atoms with E-state index >= 15 is 0 Å². The molecule has 1 aromatic carbocycles. The molecule has 1 heterocycles. The standard InChI is InChI=1S/C13H12BrClN2O4S/c14-8-1-2-10(9(15)5-8)21-6-11(18)16-3-4-17-12(19)7-22-13(17)20/h1-2,5H,3-4,6-7H2,(H,16,18). The van der Waals surface area contributed by atoms with Crippen LogP contribution in [0.15, 0.2) is 22.7 Å². The molecule has 1 aliphatic heterocycles. The molecule has 0 bridgehead atoms. The molecule has 6 nitrogen and oxygen atoms in total. The third kappa shape index (κ3) is 4.62.